The molecule has 1 rings (SSSR count). The lowest BCUT2D eigenvalue weighted by Crippen LogP contribution is -2.31. The maximum atomic E-state index is 5.71. The van der Waals surface area contributed by atoms with E-state index < -0.39 is 0 Å². The summed E-state index contributed by atoms with van der Waals surface area (Å²) in [5.41, 5.74) is 6.76. The van der Waals surface area contributed by atoms with Crippen LogP contribution in [0.1, 0.15) is 11.6 Å². The van der Waals surface area contributed by atoms with Gasteiger partial charge in [0, 0.05) is 0 Å². The van der Waals surface area contributed by atoms with E-state index in [2.05, 4.69) is 0 Å². The second kappa shape index (κ2) is 5.09. The first-order valence-electron chi connectivity index (χ1n) is 4.66. The van der Waals surface area contributed by atoms with Crippen molar-refractivity contribution in [1.82, 2.24) is 4.90 Å². The Bertz CT molecular complexity index is 352. The number of nitrogens with zero attached hydrogens (tertiary/aromatic N) is 1. The zero-order valence-corrected chi connectivity index (χ0v) is 10.0. The highest BCUT2D eigenvalue weighted by molar-refractivity contribution is 7.80. The van der Waals surface area contributed by atoms with Crippen LogP contribution in [0.3, 0.4) is 0 Å². The molecule has 0 aliphatic heterocycles. The van der Waals surface area contributed by atoms with E-state index in [1.54, 1.807) is 7.11 Å². The second-order valence-electron chi connectivity index (χ2n) is 3.55. The fraction of sp³-hybridized carbons (Fsp3) is 0.364. The summed E-state index contributed by atoms with van der Waals surface area (Å²) in [5.74, 6) is 0.815. The van der Waals surface area contributed by atoms with Gasteiger partial charge in [0.1, 0.15) is 5.75 Å². The first-order chi connectivity index (χ1) is 7.06. The van der Waals surface area contributed by atoms with Gasteiger partial charge < -0.3 is 10.5 Å². The molecular weight excluding hydrogens is 208 g/mol. The van der Waals surface area contributed by atoms with Crippen LogP contribution >= 0.6 is 12.2 Å². The summed E-state index contributed by atoms with van der Waals surface area (Å²) in [6, 6.07) is 7.73. The van der Waals surface area contributed by atoms with Gasteiger partial charge in [-0.05, 0) is 31.8 Å². The lowest BCUT2D eigenvalue weighted by molar-refractivity contribution is 0.368. The lowest BCUT2D eigenvalue weighted by atomic mass is 10.1. The Morgan fingerprint density at radius 1 is 1.47 bits per heavy atom. The predicted molar refractivity (Wildman–Crippen MR) is 66.2 cm³/mol. The largest absolute Gasteiger partial charge is 0.497 e. The van der Waals surface area contributed by atoms with Crippen LogP contribution in [0.5, 0.6) is 5.75 Å². The number of methoxy groups -OCH3 is 1. The summed E-state index contributed by atoms with van der Waals surface area (Å²) in [6.45, 7) is 0. The van der Waals surface area contributed by atoms with Crippen molar-refractivity contribution < 1.29 is 4.74 Å². The Kier molecular flexibility index (Phi) is 4.05. The van der Waals surface area contributed by atoms with Crippen molar-refractivity contribution in [3.8, 4) is 5.75 Å². The van der Waals surface area contributed by atoms with Crippen LogP contribution < -0.4 is 10.5 Å². The van der Waals surface area contributed by atoms with Crippen LogP contribution in [0.15, 0.2) is 24.3 Å². The molecule has 0 spiro atoms. The first-order valence-corrected chi connectivity index (χ1v) is 5.06. The van der Waals surface area contributed by atoms with Gasteiger partial charge in [-0.15, -0.1) is 0 Å². The van der Waals surface area contributed by atoms with Crippen molar-refractivity contribution >= 4 is 17.2 Å². The second-order valence-corrected chi connectivity index (χ2v) is 4.02. The SMILES string of the molecule is COc1cccc(C(C(N)=S)N(C)C)c1. The summed E-state index contributed by atoms with van der Waals surface area (Å²) < 4.78 is 5.16. The molecule has 1 atom stereocenters. The van der Waals surface area contributed by atoms with Crippen molar-refractivity contribution in [1.29, 1.82) is 0 Å². The highest BCUT2D eigenvalue weighted by Crippen LogP contribution is 2.22. The molecule has 1 aromatic carbocycles. The monoisotopic (exact) mass is 224 g/mol. The van der Waals surface area contributed by atoms with Crippen molar-refractivity contribution in [2.45, 2.75) is 6.04 Å². The molecule has 0 heterocycles. The van der Waals surface area contributed by atoms with Crippen LogP contribution in [-0.4, -0.2) is 31.1 Å². The number of hydrogen-bond acceptors (Lipinski definition) is 3. The molecule has 0 aliphatic rings. The molecule has 3 nitrogen and oxygen atoms in total. The molecule has 82 valence electrons. The maximum absolute atomic E-state index is 5.71. The van der Waals surface area contributed by atoms with Crippen molar-refractivity contribution in [3.63, 3.8) is 0 Å². The van der Waals surface area contributed by atoms with E-state index in [9.17, 15) is 0 Å². The molecule has 0 radical (unpaired) electrons. The van der Waals surface area contributed by atoms with Crippen molar-refractivity contribution in [2.75, 3.05) is 21.2 Å². The number of nitrogens with two attached hydrogens (primary N) is 1. The van der Waals surface area contributed by atoms with Gasteiger partial charge in [0.05, 0.1) is 18.1 Å². The van der Waals surface area contributed by atoms with Gasteiger partial charge in [-0.25, -0.2) is 0 Å². The lowest BCUT2D eigenvalue weighted by Gasteiger charge is -2.23. The summed E-state index contributed by atoms with van der Waals surface area (Å²) in [6.07, 6.45) is 0. The van der Waals surface area contributed by atoms with Gasteiger partial charge in [-0.1, -0.05) is 24.4 Å². The van der Waals surface area contributed by atoms with E-state index in [0.717, 1.165) is 11.3 Å². The molecule has 15 heavy (non-hydrogen) atoms. The number of ether oxygens (including phenoxy) is 1. The van der Waals surface area contributed by atoms with Gasteiger partial charge in [0.15, 0.2) is 0 Å². The molecule has 0 fully saturated rings. The molecule has 0 saturated heterocycles. The zero-order chi connectivity index (χ0) is 11.4. The summed E-state index contributed by atoms with van der Waals surface area (Å²) in [4.78, 5) is 2.45. The van der Waals surface area contributed by atoms with E-state index in [1.165, 1.54) is 0 Å². The zero-order valence-electron chi connectivity index (χ0n) is 9.23. The van der Waals surface area contributed by atoms with E-state index in [-0.39, 0.29) is 6.04 Å². The Labute approximate surface area is 95.8 Å². The average molecular weight is 224 g/mol. The molecule has 0 aromatic heterocycles. The predicted octanol–water partition coefficient (Wildman–Crippen LogP) is 1.58. The molecule has 4 heteroatoms. The molecule has 1 aromatic rings. The average Bonchev–Trinajstić information content (AvgIpc) is 2.17. The highest BCUT2D eigenvalue weighted by atomic mass is 32.1. The highest BCUT2D eigenvalue weighted by Gasteiger charge is 2.17. The third-order valence-electron chi connectivity index (χ3n) is 2.20. The molecule has 1 unspecified atom stereocenters. The Hall–Kier alpha value is -1.13. The van der Waals surface area contributed by atoms with E-state index in [1.807, 2.05) is 43.3 Å². The number of thiocarbonyl (C=S) groups is 1. The minimum atomic E-state index is -0.0462. The van der Waals surface area contributed by atoms with Gasteiger partial charge >= 0.3 is 0 Å². The summed E-state index contributed by atoms with van der Waals surface area (Å²) in [5, 5.41) is 0. The summed E-state index contributed by atoms with van der Waals surface area (Å²) in [7, 11) is 5.54. The molecule has 2 N–H and O–H groups in total. The third kappa shape index (κ3) is 2.91. The standard InChI is InChI=1S/C11H16N2OS/c1-13(2)10(11(12)15)8-5-4-6-9(7-8)14-3/h4-7,10H,1-3H3,(H2,12,15). The van der Waals surface area contributed by atoms with E-state index >= 15 is 0 Å². The van der Waals surface area contributed by atoms with Gasteiger partial charge in [0.25, 0.3) is 0 Å². The number of hydrogen-bond donors (Lipinski definition) is 1. The van der Waals surface area contributed by atoms with Gasteiger partial charge in [-0.3, -0.25) is 4.90 Å². The van der Waals surface area contributed by atoms with E-state index in [4.69, 9.17) is 22.7 Å². The fourth-order valence-corrected chi connectivity index (χ4v) is 1.88. The minimum Gasteiger partial charge on any atom is -0.497 e. The van der Waals surface area contributed by atoms with E-state index in [0.29, 0.717) is 4.99 Å². The fourth-order valence-electron chi connectivity index (χ4n) is 1.53. The quantitative estimate of drug-likeness (QED) is 0.788. The minimum absolute atomic E-state index is 0.0462. The number of rotatable bonds is 4. The topological polar surface area (TPSA) is 38.5 Å². The Morgan fingerprint density at radius 3 is 2.60 bits per heavy atom. The number of likely N-dealkylation sites (N-methyl/N-ethyl adjacent to an activating group) is 1. The number of benzene rings is 1. The molecule has 0 amide bonds. The van der Waals surface area contributed by atoms with Crippen LogP contribution in [-0.2, 0) is 0 Å². The van der Waals surface area contributed by atoms with Crippen molar-refractivity contribution in [2.24, 2.45) is 5.73 Å². The third-order valence-corrected chi connectivity index (χ3v) is 2.42. The molecule has 0 aliphatic carbocycles. The molecule has 0 saturated carbocycles. The normalized spacial score (nSPS) is 12.5. The van der Waals surface area contributed by atoms with Gasteiger partial charge in [-0.2, -0.15) is 0 Å². The maximum Gasteiger partial charge on any atom is 0.119 e. The van der Waals surface area contributed by atoms with Crippen LogP contribution in [0.2, 0.25) is 0 Å². The molecule has 0 bridgehead atoms. The Morgan fingerprint density at radius 2 is 2.13 bits per heavy atom. The van der Waals surface area contributed by atoms with Crippen LogP contribution in [0.25, 0.3) is 0 Å². The van der Waals surface area contributed by atoms with Gasteiger partial charge in [0.2, 0.25) is 0 Å². The first kappa shape index (κ1) is 11.9. The smallest absolute Gasteiger partial charge is 0.119 e. The van der Waals surface area contributed by atoms with Crippen LogP contribution in [0.4, 0.5) is 0 Å². The Balaban J connectivity index is 3.05. The van der Waals surface area contributed by atoms with Crippen molar-refractivity contribution in [3.05, 3.63) is 29.8 Å². The van der Waals surface area contributed by atoms with Crippen LogP contribution in [0, 0.1) is 0 Å². The molecular formula is C11H16N2OS. The summed E-state index contributed by atoms with van der Waals surface area (Å²) >= 11 is 5.05.